The van der Waals surface area contributed by atoms with Crippen molar-refractivity contribution in [3.05, 3.63) is 53.7 Å². The van der Waals surface area contributed by atoms with Gasteiger partial charge >= 0.3 is 0 Å². The van der Waals surface area contributed by atoms with Crippen LogP contribution < -0.4 is 5.32 Å². The maximum absolute atomic E-state index is 4.27. The second-order valence-corrected chi connectivity index (χ2v) is 5.10. The lowest BCUT2D eigenvalue weighted by Gasteiger charge is -2.03. The number of nitrogens with one attached hydrogen (secondary N) is 1. The first-order valence-electron chi connectivity index (χ1n) is 6.39. The van der Waals surface area contributed by atoms with Crippen LogP contribution in [0.1, 0.15) is 12.0 Å². The topological polar surface area (TPSA) is 37.8 Å². The van der Waals surface area contributed by atoms with Gasteiger partial charge < -0.3 is 5.32 Å². The first-order valence-corrected chi connectivity index (χ1v) is 7.27. The molecule has 0 aliphatic carbocycles. The van der Waals surface area contributed by atoms with E-state index in [4.69, 9.17) is 0 Å². The van der Waals surface area contributed by atoms with Gasteiger partial charge in [-0.05, 0) is 23.6 Å². The number of benzene rings is 1. The van der Waals surface area contributed by atoms with Gasteiger partial charge in [0.25, 0.3) is 0 Å². The molecule has 98 valence electrons. The van der Waals surface area contributed by atoms with E-state index in [9.17, 15) is 0 Å². The number of hydrogen-bond donors (Lipinski definition) is 1. The van der Waals surface area contributed by atoms with Gasteiger partial charge in [0.15, 0.2) is 0 Å². The molecule has 0 saturated carbocycles. The van der Waals surface area contributed by atoms with Gasteiger partial charge in [-0.1, -0.05) is 30.0 Å². The van der Waals surface area contributed by atoms with Crippen LogP contribution in [0.4, 0.5) is 5.82 Å². The highest BCUT2D eigenvalue weighted by molar-refractivity contribution is 7.16. The third kappa shape index (κ3) is 2.95. The first-order chi connectivity index (χ1) is 9.93. The van der Waals surface area contributed by atoms with Crippen molar-refractivity contribution >= 4 is 27.4 Å². The summed E-state index contributed by atoms with van der Waals surface area (Å²) in [6.07, 6.45) is 2.38. The Balaban J connectivity index is 1.58. The second-order valence-electron chi connectivity index (χ2n) is 4.21. The van der Waals surface area contributed by atoms with Crippen LogP contribution in [-0.4, -0.2) is 16.5 Å². The molecule has 0 saturated heterocycles. The summed E-state index contributed by atoms with van der Waals surface area (Å²) >= 11 is 1.62. The third-order valence-electron chi connectivity index (χ3n) is 2.81. The molecule has 3 aromatic rings. The third-order valence-corrected chi connectivity index (χ3v) is 3.63. The number of anilines is 1. The summed E-state index contributed by atoms with van der Waals surface area (Å²) in [6, 6.07) is 12.1. The summed E-state index contributed by atoms with van der Waals surface area (Å²) in [7, 11) is 0. The van der Waals surface area contributed by atoms with Crippen LogP contribution in [0.2, 0.25) is 0 Å². The molecular formula is C16H13N3S. The van der Waals surface area contributed by atoms with Crippen LogP contribution in [0.3, 0.4) is 0 Å². The Morgan fingerprint density at radius 3 is 2.90 bits per heavy atom. The molecule has 0 atom stereocenters. The second kappa shape index (κ2) is 6.18. The Morgan fingerprint density at radius 2 is 2.00 bits per heavy atom. The number of nitrogens with zero attached hydrogens (tertiary/aromatic N) is 2. The van der Waals surface area contributed by atoms with Crippen molar-refractivity contribution in [2.45, 2.75) is 6.42 Å². The first kappa shape index (κ1) is 12.6. The van der Waals surface area contributed by atoms with E-state index in [2.05, 4.69) is 27.1 Å². The minimum atomic E-state index is 0.780. The Hall–Kier alpha value is -2.38. The number of rotatable bonds is 3. The van der Waals surface area contributed by atoms with Crippen molar-refractivity contribution in [2.24, 2.45) is 0 Å². The quantitative estimate of drug-likeness (QED) is 0.588. The van der Waals surface area contributed by atoms with E-state index < -0.39 is 0 Å². The monoisotopic (exact) mass is 279 g/mol. The molecule has 0 radical (unpaired) electrons. The molecular weight excluding hydrogens is 266 g/mol. The van der Waals surface area contributed by atoms with E-state index >= 15 is 0 Å². The Morgan fingerprint density at radius 1 is 1.10 bits per heavy atom. The van der Waals surface area contributed by atoms with Crippen LogP contribution in [-0.2, 0) is 0 Å². The van der Waals surface area contributed by atoms with Crippen molar-refractivity contribution < 1.29 is 0 Å². The summed E-state index contributed by atoms with van der Waals surface area (Å²) < 4.78 is 0. The summed E-state index contributed by atoms with van der Waals surface area (Å²) in [5, 5.41) is 6.42. The smallest absolute Gasteiger partial charge is 0.138 e. The fourth-order valence-corrected chi connectivity index (χ4v) is 2.59. The van der Waals surface area contributed by atoms with Gasteiger partial charge in [-0.15, -0.1) is 11.3 Å². The SMILES string of the molecule is C(#Cc1ccccc1)CCNc1ncnc2sccc12. The van der Waals surface area contributed by atoms with Gasteiger partial charge in [-0.25, -0.2) is 9.97 Å². The van der Waals surface area contributed by atoms with E-state index in [1.807, 2.05) is 41.8 Å². The predicted molar refractivity (Wildman–Crippen MR) is 83.8 cm³/mol. The van der Waals surface area contributed by atoms with E-state index in [-0.39, 0.29) is 0 Å². The highest BCUT2D eigenvalue weighted by atomic mass is 32.1. The lowest BCUT2D eigenvalue weighted by molar-refractivity contribution is 1.07. The number of hydrogen-bond acceptors (Lipinski definition) is 4. The van der Waals surface area contributed by atoms with Gasteiger partial charge in [0.05, 0.1) is 5.39 Å². The molecule has 0 aliphatic heterocycles. The van der Waals surface area contributed by atoms with E-state index in [1.165, 1.54) is 0 Å². The minimum Gasteiger partial charge on any atom is -0.368 e. The van der Waals surface area contributed by atoms with E-state index in [0.717, 1.165) is 34.6 Å². The average molecular weight is 279 g/mol. The van der Waals surface area contributed by atoms with Gasteiger partial charge in [0.2, 0.25) is 0 Å². The van der Waals surface area contributed by atoms with Crippen molar-refractivity contribution in [3.63, 3.8) is 0 Å². The number of thiophene rings is 1. The summed E-state index contributed by atoms with van der Waals surface area (Å²) in [4.78, 5) is 9.51. The molecule has 0 amide bonds. The highest BCUT2D eigenvalue weighted by Gasteiger charge is 2.02. The van der Waals surface area contributed by atoms with Crippen LogP contribution >= 0.6 is 11.3 Å². The van der Waals surface area contributed by atoms with E-state index in [0.29, 0.717) is 0 Å². The fraction of sp³-hybridized carbons (Fsp3) is 0.125. The predicted octanol–water partition coefficient (Wildman–Crippen LogP) is 3.55. The molecule has 0 spiro atoms. The van der Waals surface area contributed by atoms with Crippen LogP contribution in [0.25, 0.3) is 10.2 Å². The van der Waals surface area contributed by atoms with Crippen LogP contribution in [0, 0.1) is 11.8 Å². The van der Waals surface area contributed by atoms with Gasteiger partial charge in [-0.2, -0.15) is 0 Å². The van der Waals surface area contributed by atoms with Crippen molar-refractivity contribution in [1.29, 1.82) is 0 Å². The van der Waals surface area contributed by atoms with Crippen molar-refractivity contribution in [2.75, 3.05) is 11.9 Å². The largest absolute Gasteiger partial charge is 0.368 e. The van der Waals surface area contributed by atoms with E-state index in [1.54, 1.807) is 17.7 Å². The van der Waals surface area contributed by atoms with Crippen molar-refractivity contribution in [3.8, 4) is 11.8 Å². The normalized spacial score (nSPS) is 10.0. The average Bonchev–Trinajstić information content (AvgIpc) is 2.97. The minimum absolute atomic E-state index is 0.780. The maximum atomic E-state index is 4.27. The lowest BCUT2D eigenvalue weighted by atomic mass is 10.2. The summed E-state index contributed by atoms with van der Waals surface area (Å²) in [5.41, 5.74) is 1.05. The lowest BCUT2D eigenvalue weighted by Crippen LogP contribution is -2.02. The number of fused-ring (bicyclic) bond motifs is 1. The summed E-state index contributed by atoms with van der Waals surface area (Å²) in [5.74, 6) is 7.19. The molecule has 1 N–H and O–H groups in total. The summed E-state index contributed by atoms with van der Waals surface area (Å²) in [6.45, 7) is 0.780. The molecule has 20 heavy (non-hydrogen) atoms. The van der Waals surface area contributed by atoms with Crippen LogP contribution in [0.15, 0.2) is 48.1 Å². The fourth-order valence-electron chi connectivity index (χ4n) is 1.86. The Bertz CT molecular complexity index is 753. The molecule has 2 aromatic heterocycles. The zero-order chi connectivity index (χ0) is 13.6. The van der Waals surface area contributed by atoms with Gasteiger partial charge in [-0.3, -0.25) is 0 Å². The maximum Gasteiger partial charge on any atom is 0.138 e. The molecule has 0 fully saturated rings. The van der Waals surface area contributed by atoms with Gasteiger partial charge in [0.1, 0.15) is 17.0 Å². The molecule has 1 aromatic carbocycles. The highest BCUT2D eigenvalue weighted by Crippen LogP contribution is 2.23. The van der Waals surface area contributed by atoms with Crippen molar-refractivity contribution in [1.82, 2.24) is 9.97 Å². The molecule has 2 heterocycles. The number of aromatic nitrogens is 2. The zero-order valence-corrected chi connectivity index (χ0v) is 11.7. The Kier molecular flexibility index (Phi) is 3.91. The zero-order valence-electron chi connectivity index (χ0n) is 10.8. The molecule has 0 aliphatic rings. The molecule has 3 rings (SSSR count). The molecule has 3 nitrogen and oxygen atoms in total. The molecule has 4 heteroatoms. The van der Waals surface area contributed by atoms with Crippen LogP contribution in [0.5, 0.6) is 0 Å². The molecule has 0 bridgehead atoms. The van der Waals surface area contributed by atoms with Gasteiger partial charge in [0, 0.05) is 18.5 Å². The Labute approximate surface area is 121 Å². The standard InChI is InChI=1S/C16H13N3S/c1-2-6-13(7-3-1)8-4-5-10-17-15-14-9-11-20-16(14)19-12-18-15/h1-3,6-7,9,11-12H,5,10H2,(H,17,18,19). The molecule has 0 unspecified atom stereocenters.